The fraction of sp³-hybridized carbons (Fsp3) is 0.696. The lowest BCUT2D eigenvalue weighted by Gasteiger charge is -2.40. The number of carbonyl (C=O) groups excluding carboxylic acids is 1. The van der Waals surface area contributed by atoms with Crippen LogP contribution in [0.4, 0.5) is 0 Å². The maximum Gasteiger partial charge on any atom is 0.230 e. The van der Waals surface area contributed by atoms with Gasteiger partial charge in [0.1, 0.15) is 5.82 Å². The SMILES string of the molecule is CC(C)(CNC(=O)CSc1nnc(Cc2cccs2)n1C1CCCCC1)N1CCOCC1. The van der Waals surface area contributed by atoms with Gasteiger partial charge in [-0.2, -0.15) is 0 Å². The van der Waals surface area contributed by atoms with Crippen molar-refractivity contribution in [2.75, 3.05) is 38.6 Å². The predicted octanol–water partition coefficient (Wildman–Crippen LogP) is 3.75. The van der Waals surface area contributed by atoms with Gasteiger partial charge in [0.15, 0.2) is 5.16 Å². The van der Waals surface area contributed by atoms with Crippen LogP contribution in [0.25, 0.3) is 0 Å². The van der Waals surface area contributed by atoms with Crippen LogP contribution in [-0.4, -0.2) is 69.7 Å². The van der Waals surface area contributed by atoms with E-state index in [1.807, 2.05) is 0 Å². The molecule has 1 saturated carbocycles. The minimum Gasteiger partial charge on any atom is -0.379 e. The second kappa shape index (κ2) is 11.1. The molecule has 176 valence electrons. The van der Waals surface area contributed by atoms with Crippen LogP contribution in [0.5, 0.6) is 0 Å². The Morgan fingerprint density at radius 2 is 2.03 bits per heavy atom. The molecule has 9 heteroatoms. The largest absolute Gasteiger partial charge is 0.379 e. The van der Waals surface area contributed by atoms with E-state index in [9.17, 15) is 4.79 Å². The molecule has 0 aromatic carbocycles. The van der Waals surface area contributed by atoms with Gasteiger partial charge in [-0.1, -0.05) is 37.1 Å². The van der Waals surface area contributed by atoms with Crippen LogP contribution in [0.2, 0.25) is 0 Å². The Morgan fingerprint density at radius 3 is 2.75 bits per heavy atom. The molecule has 2 aromatic heterocycles. The number of morpholine rings is 1. The maximum absolute atomic E-state index is 12.7. The van der Waals surface area contributed by atoms with E-state index >= 15 is 0 Å². The normalized spacial score (nSPS) is 18.7. The standard InChI is InChI=1S/C23H35N5O2S2/c1-23(2,27-10-12-30-13-11-27)17-24-21(29)16-32-22-26-25-20(15-19-9-6-14-31-19)28(22)18-7-4-3-5-8-18/h6,9,14,18H,3-5,7-8,10-13,15-17H2,1-2H3,(H,24,29). The highest BCUT2D eigenvalue weighted by Crippen LogP contribution is 2.33. The number of nitrogens with one attached hydrogen (secondary N) is 1. The summed E-state index contributed by atoms with van der Waals surface area (Å²) in [4.78, 5) is 16.4. The van der Waals surface area contributed by atoms with Crippen molar-refractivity contribution in [3.05, 3.63) is 28.2 Å². The Bertz CT molecular complexity index is 856. The Kier molecular flexibility index (Phi) is 8.26. The van der Waals surface area contributed by atoms with E-state index in [1.165, 1.54) is 48.7 Å². The summed E-state index contributed by atoms with van der Waals surface area (Å²) in [5.74, 6) is 1.44. The molecule has 1 aliphatic carbocycles. The quantitative estimate of drug-likeness (QED) is 0.555. The Morgan fingerprint density at radius 1 is 1.25 bits per heavy atom. The van der Waals surface area contributed by atoms with E-state index in [1.54, 1.807) is 11.3 Å². The molecule has 7 nitrogen and oxygen atoms in total. The number of amides is 1. The molecule has 0 bridgehead atoms. The van der Waals surface area contributed by atoms with Gasteiger partial charge in [0, 0.05) is 42.5 Å². The van der Waals surface area contributed by atoms with Gasteiger partial charge in [-0.15, -0.1) is 21.5 Å². The molecule has 4 rings (SSSR count). The third-order valence-electron chi connectivity index (χ3n) is 6.51. The van der Waals surface area contributed by atoms with E-state index in [0.29, 0.717) is 18.3 Å². The number of hydrogen-bond acceptors (Lipinski definition) is 7. The molecule has 2 fully saturated rings. The number of thioether (sulfide) groups is 1. The zero-order valence-corrected chi connectivity index (χ0v) is 20.8. The molecule has 2 aliphatic rings. The Labute approximate surface area is 199 Å². The average Bonchev–Trinajstić information content (AvgIpc) is 3.48. The van der Waals surface area contributed by atoms with Gasteiger partial charge in [-0.25, -0.2) is 0 Å². The molecule has 1 saturated heterocycles. The maximum atomic E-state index is 12.7. The van der Waals surface area contributed by atoms with Crippen LogP contribution in [0.1, 0.15) is 62.7 Å². The van der Waals surface area contributed by atoms with Crippen molar-refractivity contribution in [2.24, 2.45) is 0 Å². The number of hydrogen-bond donors (Lipinski definition) is 1. The summed E-state index contributed by atoms with van der Waals surface area (Å²) in [6, 6.07) is 4.68. The van der Waals surface area contributed by atoms with Crippen molar-refractivity contribution in [2.45, 2.75) is 69.1 Å². The Hall–Kier alpha value is -1.42. The van der Waals surface area contributed by atoms with Crippen LogP contribution < -0.4 is 5.32 Å². The molecule has 0 unspecified atom stereocenters. The summed E-state index contributed by atoms with van der Waals surface area (Å²) in [7, 11) is 0. The monoisotopic (exact) mass is 477 g/mol. The molecule has 2 aromatic rings. The molecule has 32 heavy (non-hydrogen) atoms. The van der Waals surface area contributed by atoms with Crippen molar-refractivity contribution in [3.63, 3.8) is 0 Å². The van der Waals surface area contributed by atoms with E-state index in [4.69, 9.17) is 4.74 Å². The van der Waals surface area contributed by atoms with Gasteiger partial charge in [-0.05, 0) is 38.1 Å². The zero-order chi connectivity index (χ0) is 22.4. The second-order valence-corrected chi connectivity index (χ2v) is 11.3. The first-order valence-corrected chi connectivity index (χ1v) is 13.6. The van der Waals surface area contributed by atoms with E-state index in [0.717, 1.165) is 43.7 Å². The minimum absolute atomic E-state index is 0.0503. The van der Waals surface area contributed by atoms with E-state index < -0.39 is 0 Å². The first kappa shape index (κ1) is 23.7. The number of ether oxygens (including phenoxy) is 1. The Balaban J connectivity index is 1.36. The molecule has 1 aliphatic heterocycles. The second-order valence-electron chi connectivity index (χ2n) is 9.29. The highest BCUT2D eigenvalue weighted by Gasteiger charge is 2.29. The van der Waals surface area contributed by atoms with Crippen molar-refractivity contribution in [3.8, 4) is 0 Å². The van der Waals surface area contributed by atoms with Gasteiger partial charge >= 0.3 is 0 Å². The van der Waals surface area contributed by atoms with Crippen LogP contribution in [0, 0.1) is 0 Å². The van der Waals surface area contributed by atoms with Crippen LogP contribution >= 0.6 is 23.1 Å². The molecule has 1 amide bonds. The molecule has 0 atom stereocenters. The van der Waals surface area contributed by atoms with E-state index in [-0.39, 0.29) is 11.4 Å². The zero-order valence-electron chi connectivity index (χ0n) is 19.2. The van der Waals surface area contributed by atoms with Crippen molar-refractivity contribution in [1.82, 2.24) is 25.0 Å². The molecule has 3 heterocycles. The van der Waals surface area contributed by atoms with Gasteiger partial charge < -0.3 is 14.6 Å². The van der Waals surface area contributed by atoms with Crippen LogP contribution in [-0.2, 0) is 16.0 Å². The number of aromatic nitrogens is 3. The minimum atomic E-state index is -0.0832. The summed E-state index contributed by atoms with van der Waals surface area (Å²) in [6.07, 6.45) is 6.96. The van der Waals surface area contributed by atoms with Crippen LogP contribution in [0.15, 0.2) is 22.7 Å². The fourth-order valence-electron chi connectivity index (χ4n) is 4.58. The predicted molar refractivity (Wildman–Crippen MR) is 129 cm³/mol. The van der Waals surface area contributed by atoms with Crippen LogP contribution in [0.3, 0.4) is 0 Å². The summed E-state index contributed by atoms with van der Waals surface area (Å²) < 4.78 is 7.78. The molecular weight excluding hydrogens is 442 g/mol. The highest BCUT2D eigenvalue weighted by molar-refractivity contribution is 7.99. The number of rotatable bonds is 9. The summed E-state index contributed by atoms with van der Waals surface area (Å²) >= 11 is 3.27. The lowest BCUT2D eigenvalue weighted by atomic mass is 9.95. The van der Waals surface area contributed by atoms with Gasteiger partial charge in [0.05, 0.1) is 19.0 Å². The van der Waals surface area contributed by atoms with Crippen molar-refractivity contribution < 1.29 is 9.53 Å². The van der Waals surface area contributed by atoms with Gasteiger partial charge in [0.2, 0.25) is 5.91 Å². The summed E-state index contributed by atoms with van der Waals surface area (Å²) in [6.45, 7) is 8.34. The molecular formula is C23H35N5O2S2. The fourth-order valence-corrected chi connectivity index (χ4v) is 6.13. The summed E-state index contributed by atoms with van der Waals surface area (Å²) in [5.41, 5.74) is -0.0832. The average molecular weight is 478 g/mol. The van der Waals surface area contributed by atoms with Gasteiger partial charge in [-0.3, -0.25) is 9.69 Å². The van der Waals surface area contributed by atoms with Gasteiger partial charge in [0.25, 0.3) is 0 Å². The first-order chi connectivity index (χ1) is 15.5. The number of carbonyl (C=O) groups is 1. The smallest absolute Gasteiger partial charge is 0.230 e. The lowest BCUT2D eigenvalue weighted by Crippen LogP contribution is -2.55. The number of nitrogens with zero attached hydrogens (tertiary/aromatic N) is 4. The van der Waals surface area contributed by atoms with Crippen molar-refractivity contribution >= 4 is 29.0 Å². The topological polar surface area (TPSA) is 72.3 Å². The van der Waals surface area contributed by atoms with Crippen molar-refractivity contribution in [1.29, 1.82) is 0 Å². The number of thiophene rings is 1. The molecule has 0 spiro atoms. The molecule has 1 N–H and O–H groups in total. The third-order valence-corrected chi connectivity index (χ3v) is 8.32. The highest BCUT2D eigenvalue weighted by atomic mass is 32.2. The third kappa shape index (κ3) is 6.12. The lowest BCUT2D eigenvalue weighted by molar-refractivity contribution is -0.119. The summed E-state index contributed by atoms with van der Waals surface area (Å²) in [5, 5.41) is 15.2. The molecule has 0 radical (unpaired) electrons. The van der Waals surface area contributed by atoms with E-state index in [2.05, 4.69) is 56.3 Å². The first-order valence-electron chi connectivity index (χ1n) is 11.7.